The van der Waals surface area contributed by atoms with E-state index in [4.69, 9.17) is 5.11 Å². The topological polar surface area (TPSA) is 56.6 Å². The number of aryl methyl sites for hydroxylation is 1. The first-order chi connectivity index (χ1) is 9.28. The van der Waals surface area contributed by atoms with Crippen molar-refractivity contribution in [2.45, 2.75) is 51.7 Å². The summed E-state index contributed by atoms with van der Waals surface area (Å²) in [5.74, 6) is 0.960. The lowest BCUT2D eigenvalue weighted by molar-refractivity contribution is 0.280. The van der Waals surface area contributed by atoms with Gasteiger partial charge in [-0.2, -0.15) is 0 Å². The zero-order chi connectivity index (χ0) is 13.7. The molecule has 0 amide bonds. The number of anilines is 1. The van der Waals surface area contributed by atoms with Gasteiger partial charge in [-0.3, -0.25) is 0 Å². The van der Waals surface area contributed by atoms with Crippen molar-refractivity contribution < 1.29 is 10.2 Å². The smallest absolute Gasteiger partial charge is 0.129 e. The van der Waals surface area contributed by atoms with Gasteiger partial charge in [0.15, 0.2) is 0 Å². The Morgan fingerprint density at radius 1 is 1.32 bits per heavy atom. The predicted octanol–water partition coefficient (Wildman–Crippen LogP) is 1.88. The van der Waals surface area contributed by atoms with Crippen LogP contribution in [0, 0.1) is 0 Å². The van der Waals surface area contributed by atoms with Gasteiger partial charge in [0.25, 0.3) is 0 Å². The molecule has 1 fully saturated rings. The van der Waals surface area contributed by atoms with E-state index >= 15 is 0 Å². The van der Waals surface area contributed by atoms with Crippen LogP contribution in [0.15, 0.2) is 12.1 Å². The van der Waals surface area contributed by atoms with Crippen molar-refractivity contribution in [2.24, 2.45) is 0 Å². The Morgan fingerprint density at radius 3 is 2.63 bits per heavy atom. The highest BCUT2D eigenvalue weighted by atomic mass is 16.3. The summed E-state index contributed by atoms with van der Waals surface area (Å²) in [5.41, 5.74) is 1.95. The van der Waals surface area contributed by atoms with Crippen molar-refractivity contribution in [2.75, 3.05) is 18.1 Å². The first-order valence-electron chi connectivity index (χ1n) is 7.26. The lowest BCUT2D eigenvalue weighted by Crippen LogP contribution is -2.41. The molecule has 0 unspecified atom stereocenters. The molecule has 1 aromatic rings. The molecule has 0 aromatic carbocycles. The summed E-state index contributed by atoms with van der Waals surface area (Å²) in [6, 6.07) is 4.50. The van der Waals surface area contributed by atoms with Gasteiger partial charge in [0.1, 0.15) is 5.82 Å². The molecule has 4 heteroatoms. The van der Waals surface area contributed by atoms with Crippen LogP contribution in [0.5, 0.6) is 0 Å². The van der Waals surface area contributed by atoms with E-state index in [-0.39, 0.29) is 13.2 Å². The minimum atomic E-state index is 0.0566. The molecule has 1 aromatic heterocycles. The standard InChI is InChI=1S/C15H24N2O2/c1-2-13-9-12(11-19)10-15(16-13)17(7-4-8-18)14-5-3-6-14/h9-10,14,18-19H,2-8,11H2,1H3. The lowest BCUT2D eigenvalue weighted by atomic mass is 9.91. The van der Waals surface area contributed by atoms with Crippen LogP contribution < -0.4 is 4.90 Å². The molecule has 0 radical (unpaired) electrons. The molecular formula is C15H24N2O2. The predicted molar refractivity (Wildman–Crippen MR) is 76.2 cm³/mol. The Kier molecular flexibility index (Phi) is 5.16. The number of pyridine rings is 1. The highest BCUT2D eigenvalue weighted by molar-refractivity contribution is 5.44. The molecule has 2 rings (SSSR count). The minimum Gasteiger partial charge on any atom is -0.396 e. The molecule has 4 nitrogen and oxygen atoms in total. The highest BCUT2D eigenvalue weighted by Crippen LogP contribution is 2.29. The van der Waals surface area contributed by atoms with Crippen LogP contribution in [0.4, 0.5) is 5.82 Å². The second-order valence-electron chi connectivity index (χ2n) is 5.19. The summed E-state index contributed by atoms with van der Waals surface area (Å²) in [4.78, 5) is 6.99. The SMILES string of the molecule is CCc1cc(CO)cc(N(CCCO)C2CCC2)n1. The summed E-state index contributed by atoms with van der Waals surface area (Å²) in [5, 5.41) is 18.4. The fourth-order valence-electron chi connectivity index (χ4n) is 2.48. The number of aliphatic hydroxyl groups is 2. The van der Waals surface area contributed by atoms with Crippen molar-refractivity contribution in [3.63, 3.8) is 0 Å². The molecule has 19 heavy (non-hydrogen) atoms. The number of rotatable bonds is 7. The fourth-order valence-corrected chi connectivity index (χ4v) is 2.48. The van der Waals surface area contributed by atoms with Crippen molar-refractivity contribution in [3.05, 3.63) is 23.4 Å². The fraction of sp³-hybridized carbons (Fsp3) is 0.667. The van der Waals surface area contributed by atoms with Crippen molar-refractivity contribution >= 4 is 5.82 Å². The normalized spacial score (nSPS) is 15.3. The van der Waals surface area contributed by atoms with Gasteiger partial charge in [0, 0.05) is 24.9 Å². The molecule has 1 saturated carbocycles. The van der Waals surface area contributed by atoms with Gasteiger partial charge < -0.3 is 15.1 Å². The first kappa shape index (κ1) is 14.3. The van der Waals surface area contributed by atoms with Gasteiger partial charge >= 0.3 is 0 Å². The van der Waals surface area contributed by atoms with Crippen LogP contribution in [-0.2, 0) is 13.0 Å². The van der Waals surface area contributed by atoms with Gasteiger partial charge in [0.2, 0.25) is 0 Å². The Balaban J connectivity index is 2.23. The van der Waals surface area contributed by atoms with Crippen LogP contribution in [0.1, 0.15) is 43.9 Å². The van der Waals surface area contributed by atoms with Gasteiger partial charge in [-0.05, 0) is 49.8 Å². The molecule has 106 valence electrons. The van der Waals surface area contributed by atoms with E-state index < -0.39 is 0 Å². The zero-order valence-electron chi connectivity index (χ0n) is 11.7. The average molecular weight is 264 g/mol. The molecule has 0 bridgehead atoms. The van der Waals surface area contributed by atoms with Crippen LogP contribution in [0.3, 0.4) is 0 Å². The van der Waals surface area contributed by atoms with Gasteiger partial charge in [0.05, 0.1) is 6.61 Å². The second-order valence-corrected chi connectivity index (χ2v) is 5.19. The van der Waals surface area contributed by atoms with Gasteiger partial charge in [-0.25, -0.2) is 4.98 Å². The maximum atomic E-state index is 9.36. The van der Waals surface area contributed by atoms with Crippen molar-refractivity contribution in [3.8, 4) is 0 Å². The molecule has 0 aliphatic heterocycles. The third-order valence-electron chi connectivity index (χ3n) is 3.84. The molecule has 0 atom stereocenters. The number of aromatic nitrogens is 1. The maximum Gasteiger partial charge on any atom is 0.129 e. The number of hydrogen-bond donors (Lipinski definition) is 2. The Morgan fingerprint density at radius 2 is 2.11 bits per heavy atom. The van der Waals surface area contributed by atoms with Crippen molar-refractivity contribution in [1.29, 1.82) is 0 Å². The zero-order valence-corrected chi connectivity index (χ0v) is 11.7. The molecule has 1 aliphatic rings. The number of nitrogens with zero attached hydrogens (tertiary/aromatic N) is 2. The molecule has 1 heterocycles. The van der Waals surface area contributed by atoms with Crippen LogP contribution in [-0.4, -0.2) is 34.4 Å². The Hall–Kier alpha value is -1.13. The third-order valence-corrected chi connectivity index (χ3v) is 3.84. The van der Waals surface area contributed by atoms with E-state index in [1.54, 1.807) is 0 Å². The minimum absolute atomic E-state index is 0.0566. The van der Waals surface area contributed by atoms with E-state index in [1.165, 1.54) is 19.3 Å². The van der Waals surface area contributed by atoms with E-state index in [1.807, 2.05) is 12.1 Å². The summed E-state index contributed by atoms with van der Waals surface area (Å²) in [6.07, 6.45) is 5.33. The Labute approximate surface area is 115 Å². The summed E-state index contributed by atoms with van der Waals surface area (Å²) in [6.45, 7) is 3.19. The van der Waals surface area contributed by atoms with Gasteiger partial charge in [-0.1, -0.05) is 6.92 Å². The summed E-state index contributed by atoms with van der Waals surface area (Å²) in [7, 11) is 0. The largest absolute Gasteiger partial charge is 0.396 e. The second kappa shape index (κ2) is 6.87. The monoisotopic (exact) mass is 264 g/mol. The lowest BCUT2D eigenvalue weighted by Gasteiger charge is -2.38. The molecule has 1 aliphatic carbocycles. The number of hydrogen-bond acceptors (Lipinski definition) is 4. The third kappa shape index (κ3) is 3.45. The maximum absolute atomic E-state index is 9.36. The molecule has 2 N–H and O–H groups in total. The van der Waals surface area contributed by atoms with Crippen molar-refractivity contribution in [1.82, 2.24) is 4.98 Å². The molecule has 0 spiro atoms. The molecule has 0 saturated heterocycles. The first-order valence-corrected chi connectivity index (χ1v) is 7.26. The molecular weight excluding hydrogens is 240 g/mol. The van der Waals surface area contributed by atoms with Crippen LogP contribution >= 0.6 is 0 Å². The average Bonchev–Trinajstić information content (AvgIpc) is 2.40. The summed E-state index contributed by atoms with van der Waals surface area (Å²) >= 11 is 0. The van der Waals surface area contributed by atoms with E-state index in [0.717, 1.165) is 36.5 Å². The van der Waals surface area contributed by atoms with E-state index in [0.29, 0.717) is 6.04 Å². The van der Waals surface area contributed by atoms with E-state index in [2.05, 4.69) is 16.8 Å². The van der Waals surface area contributed by atoms with Crippen LogP contribution in [0.25, 0.3) is 0 Å². The quantitative estimate of drug-likeness (QED) is 0.789. The van der Waals surface area contributed by atoms with Crippen LogP contribution in [0.2, 0.25) is 0 Å². The summed E-state index contributed by atoms with van der Waals surface area (Å²) < 4.78 is 0. The number of aliphatic hydroxyl groups excluding tert-OH is 2. The van der Waals surface area contributed by atoms with Gasteiger partial charge in [-0.15, -0.1) is 0 Å². The Bertz CT molecular complexity index is 383. The van der Waals surface area contributed by atoms with E-state index in [9.17, 15) is 5.11 Å². The highest BCUT2D eigenvalue weighted by Gasteiger charge is 2.26.